The smallest absolute Gasteiger partial charge is 0.303 e. The first-order chi connectivity index (χ1) is 12.3. The highest BCUT2D eigenvalue weighted by Crippen LogP contribution is 2.29. The average molecular weight is 370 g/mol. The van der Waals surface area contributed by atoms with Crippen molar-refractivity contribution in [1.82, 2.24) is 4.57 Å². The lowest BCUT2D eigenvalue weighted by atomic mass is 10.1. The van der Waals surface area contributed by atoms with Gasteiger partial charge in [-0.25, -0.2) is 0 Å². The molecule has 0 aliphatic rings. The molecule has 0 saturated heterocycles. The van der Waals surface area contributed by atoms with Crippen molar-refractivity contribution in [3.8, 4) is 11.3 Å². The van der Waals surface area contributed by atoms with Crippen molar-refractivity contribution in [3.63, 3.8) is 0 Å². The van der Waals surface area contributed by atoms with Crippen LogP contribution in [0.4, 0.5) is 0 Å². The topological polar surface area (TPSA) is 88.7 Å². The number of hydrogen-bond donors (Lipinski definition) is 1. The number of carboxylic acid groups (broad SMARTS) is 1. The molecule has 0 fully saturated rings. The van der Waals surface area contributed by atoms with Crippen molar-refractivity contribution in [2.75, 3.05) is 0 Å². The van der Waals surface area contributed by atoms with Gasteiger partial charge in [0.1, 0.15) is 0 Å². The molecule has 0 unspecified atom stereocenters. The Bertz CT molecular complexity index is 1100. The maximum atomic E-state index is 11.9. The van der Waals surface area contributed by atoms with Crippen molar-refractivity contribution in [2.24, 2.45) is 11.4 Å². The summed E-state index contributed by atoms with van der Waals surface area (Å²) in [4.78, 5) is 10.8. The lowest BCUT2D eigenvalue weighted by Crippen LogP contribution is -1.98. The highest BCUT2D eigenvalue weighted by atomic mass is 32.2. The number of carboxylic acids is 1. The molecule has 0 saturated carbocycles. The zero-order valence-corrected chi connectivity index (χ0v) is 15.0. The third-order valence-corrected chi connectivity index (χ3v) is 5.55. The fourth-order valence-electron chi connectivity index (χ4n) is 2.92. The van der Waals surface area contributed by atoms with Gasteiger partial charge < -0.3 is 9.67 Å². The molecule has 7 heteroatoms. The van der Waals surface area contributed by atoms with E-state index in [2.05, 4.69) is 11.1 Å². The summed E-state index contributed by atoms with van der Waals surface area (Å²) in [6, 6.07) is 14.5. The number of carbonyl (C=O) groups is 1. The molecule has 26 heavy (non-hydrogen) atoms. The monoisotopic (exact) mass is 370 g/mol. The summed E-state index contributed by atoms with van der Waals surface area (Å²) in [6.45, 7) is 3.12. The van der Waals surface area contributed by atoms with E-state index in [0.717, 1.165) is 27.7 Å². The Balaban J connectivity index is 1.99. The molecule has 0 aliphatic heterocycles. The zero-order valence-electron chi connectivity index (χ0n) is 14.2. The molecule has 6 nitrogen and oxygen atoms in total. The van der Waals surface area contributed by atoms with Crippen molar-refractivity contribution in [3.05, 3.63) is 54.1 Å². The number of hydrogen-bond acceptors (Lipinski definition) is 3. The van der Waals surface area contributed by atoms with Gasteiger partial charge in [-0.3, -0.25) is 4.79 Å². The fraction of sp³-hybridized carbons (Fsp3) is 0.158. The molecule has 1 aromatic heterocycles. The number of nitrogens with zero attached hydrogens (tertiary/aromatic N) is 2. The summed E-state index contributed by atoms with van der Waals surface area (Å²) in [5, 5.41) is 9.68. The first kappa shape index (κ1) is 17.9. The highest BCUT2D eigenvalue weighted by molar-refractivity contribution is 7.90. The quantitative estimate of drug-likeness (QED) is 0.675. The summed E-state index contributed by atoms with van der Waals surface area (Å²) in [7, 11) is -1.86. The molecule has 1 N–H and O–H groups in total. The fourth-order valence-corrected chi connectivity index (χ4v) is 3.56. The molecule has 0 amide bonds. The third kappa shape index (κ3) is 3.39. The third-order valence-electron chi connectivity index (χ3n) is 4.36. The van der Waals surface area contributed by atoms with Crippen LogP contribution >= 0.6 is 0 Å². The second-order valence-electron chi connectivity index (χ2n) is 6.00. The molecule has 3 aromatic rings. The Morgan fingerprint density at radius 3 is 2.46 bits per heavy atom. The Hall–Kier alpha value is -2.93. The Labute approximate surface area is 151 Å². The van der Waals surface area contributed by atoms with Crippen LogP contribution in [-0.2, 0) is 28.3 Å². The summed E-state index contributed by atoms with van der Waals surface area (Å²) in [6.07, 6.45) is 0.586. The first-order valence-corrected chi connectivity index (χ1v) is 9.39. The Morgan fingerprint density at radius 2 is 1.85 bits per heavy atom. The molecule has 0 radical (unpaired) electrons. The van der Waals surface area contributed by atoms with Gasteiger partial charge in [0.2, 0.25) is 0 Å². The van der Waals surface area contributed by atoms with E-state index in [1.165, 1.54) is 6.07 Å². The predicted octanol–water partition coefficient (Wildman–Crippen LogP) is 3.25. The normalized spacial score (nSPS) is 11.6. The van der Waals surface area contributed by atoms with Gasteiger partial charge in [-0.1, -0.05) is 30.3 Å². The minimum Gasteiger partial charge on any atom is -0.481 e. The SMILES string of the molecule is C=NS(=O)(=O)c1ccc2cc(-c3ccc(CCC(=O)O)cc3)n(C)c2c1. The minimum absolute atomic E-state index is 0.0992. The molecular formula is C19H18N2O4S. The van der Waals surface area contributed by atoms with E-state index >= 15 is 0 Å². The van der Waals surface area contributed by atoms with Crippen LogP contribution in [0, 0.1) is 0 Å². The molecule has 134 valence electrons. The largest absolute Gasteiger partial charge is 0.481 e. The van der Waals surface area contributed by atoms with Gasteiger partial charge in [-0.05, 0) is 35.7 Å². The second-order valence-corrected chi connectivity index (χ2v) is 7.68. The van der Waals surface area contributed by atoms with Crippen LogP contribution in [-0.4, -0.2) is 30.8 Å². The molecule has 0 atom stereocenters. The molecule has 3 rings (SSSR count). The van der Waals surface area contributed by atoms with Gasteiger partial charge in [-0.2, -0.15) is 12.8 Å². The van der Waals surface area contributed by atoms with E-state index in [4.69, 9.17) is 5.11 Å². The van der Waals surface area contributed by atoms with Crippen LogP contribution in [0.5, 0.6) is 0 Å². The maximum Gasteiger partial charge on any atom is 0.303 e. The van der Waals surface area contributed by atoms with Gasteiger partial charge in [0.15, 0.2) is 0 Å². The van der Waals surface area contributed by atoms with E-state index in [1.54, 1.807) is 12.1 Å². The first-order valence-electron chi connectivity index (χ1n) is 7.95. The van der Waals surface area contributed by atoms with Crippen LogP contribution in [0.3, 0.4) is 0 Å². The van der Waals surface area contributed by atoms with E-state index in [-0.39, 0.29) is 11.3 Å². The number of benzene rings is 2. The summed E-state index contributed by atoms with van der Waals surface area (Å²) in [5.41, 5.74) is 3.64. The molecule has 2 aromatic carbocycles. The highest BCUT2D eigenvalue weighted by Gasteiger charge is 2.14. The van der Waals surface area contributed by atoms with Crippen molar-refractivity contribution < 1.29 is 18.3 Å². The van der Waals surface area contributed by atoms with Crippen molar-refractivity contribution in [1.29, 1.82) is 0 Å². The van der Waals surface area contributed by atoms with Crippen LogP contribution in [0.15, 0.2) is 57.8 Å². The van der Waals surface area contributed by atoms with E-state index in [0.29, 0.717) is 6.42 Å². The van der Waals surface area contributed by atoms with E-state index < -0.39 is 16.0 Å². The lowest BCUT2D eigenvalue weighted by molar-refractivity contribution is -0.136. The van der Waals surface area contributed by atoms with E-state index in [1.807, 2.05) is 41.9 Å². The van der Waals surface area contributed by atoms with Crippen molar-refractivity contribution in [2.45, 2.75) is 17.7 Å². The molecule has 0 spiro atoms. The van der Waals surface area contributed by atoms with Gasteiger partial charge in [0, 0.05) is 36.8 Å². The molecular weight excluding hydrogens is 352 g/mol. The number of aryl methyl sites for hydroxylation is 2. The van der Waals surface area contributed by atoms with Crippen LogP contribution in [0.2, 0.25) is 0 Å². The number of aromatic nitrogens is 1. The average Bonchev–Trinajstić information content (AvgIpc) is 2.96. The van der Waals surface area contributed by atoms with Crippen LogP contribution in [0.25, 0.3) is 22.2 Å². The molecule has 0 bridgehead atoms. The Kier molecular flexibility index (Phi) is 4.65. The number of rotatable bonds is 6. The van der Waals surface area contributed by atoms with Gasteiger partial charge in [-0.15, -0.1) is 0 Å². The van der Waals surface area contributed by atoms with Gasteiger partial charge >= 0.3 is 5.97 Å². The number of sulfonamides is 1. The predicted molar refractivity (Wildman–Crippen MR) is 101 cm³/mol. The zero-order chi connectivity index (χ0) is 18.9. The summed E-state index contributed by atoms with van der Waals surface area (Å²) in [5.74, 6) is -0.817. The summed E-state index contributed by atoms with van der Waals surface area (Å²) < 4.78 is 28.9. The van der Waals surface area contributed by atoms with E-state index in [9.17, 15) is 13.2 Å². The Morgan fingerprint density at radius 1 is 1.15 bits per heavy atom. The molecule has 0 aliphatic carbocycles. The number of aliphatic carboxylic acids is 1. The second kappa shape index (κ2) is 6.76. The van der Waals surface area contributed by atoms with Gasteiger partial charge in [0.25, 0.3) is 10.0 Å². The minimum atomic E-state index is -3.73. The standard InChI is InChI=1S/C19H18N2O4S/c1-20-26(24,25)16-9-8-15-11-17(21(2)18(15)12-16)14-6-3-13(4-7-14)5-10-19(22)23/h3-4,6-9,11-12H,1,5,10H2,2H3,(H,22,23). The van der Waals surface area contributed by atoms with Gasteiger partial charge in [0.05, 0.1) is 4.90 Å². The van der Waals surface area contributed by atoms with Crippen molar-refractivity contribution >= 4 is 33.6 Å². The number of fused-ring (bicyclic) bond motifs is 1. The van der Waals surface area contributed by atoms with Crippen LogP contribution < -0.4 is 0 Å². The molecule has 1 heterocycles. The lowest BCUT2D eigenvalue weighted by Gasteiger charge is -2.06. The maximum absolute atomic E-state index is 11.9. The summed E-state index contributed by atoms with van der Waals surface area (Å²) >= 11 is 0. The van der Waals surface area contributed by atoms with Crippen LogP contribution in [0.1, 0.15) is 12.0 Å².